The molecule has 0 amide bonds. The SMILES string of the molecule is CCCCCCCc1cccc(O)c1CCCCCCC.[O-]P([O-])(=S)[S-].[O-]P([O-])(=S)[S-].[Zn+2].[Zn+2].[Zn+2]. The van der Waals surface area contributed by atoms with Crippen LogP contribution in [0.4, 0.5) is 0 Å². The van der Waals surface area contributed by atoms with Gasteiger partial charge in [-0.15, -0.1) is 0 Å². The monoisotopic (exact) mass is 736 g/mol. The van der Waals surface area contributed by atoms with Gasteiger partial charge in [-0.2, -0.15) is 23.6 Å². The molecule has 0 radical (unpaired) electrons. The van der Waals surface area contributed by atoms with Gasteiger partial charge in [0.25, 0.3) is 0 Å². The molecule has 184 valence electrons. The minimum absolute atomic E-state index is 0. The van der Waals surface area contributed by atoms with Crippen LogP contribution in [0.1, 0.15) is 89.2 Å². The second-order valence-electron chi connectivity index (χ2n) is 7.14. The topological polar surface area (TPSA) is 112 Å². The third kappa shape index (κ3) is 41.8. The summed E-state index contributed by atoms with van der Waals surface area (Å²) in [6.45, 7) is 4.51. The van der Waals surface area contributed by atoms with Crippen LogP contribution in [0.3, 0.4) is 0 Å². The number of phenolic OH excluding ortho intramolecular Hbond substituents is 1. The van der Waals surface area contributed by atoms with Crippen molar-refractivity contribution in [3.05, 3.63) is 29.3 Å². The van der Waals surface area contributed by atoms with Crippen molar-refractivity contribution in [1.29, 1.82) is 0 Å². The van der Waals surface area contributed by atoms with Crippen LogP contribution in [0, 0.1) is 0 Å². The van der Waals surface area contributed by atoms with Crippen molar-refractivity contribution in [3.8, 4) is 5.75 Å². The van der Waals surface area contributed by atoms with E-state index in [1.807, 2.05) is 12.1 Å². The summed E-state index contributed by atoms with van der Waals surface area (Å²) in [5.41, 5.74) is -4.86. The number of aromatic hydroxyl groups is 1. The molecule has 1 rings (SSSR count). The van der Waals surface area contributed by atoms with Crippen molar-refractivity contribution in [2.24, 2.45) is 0 Å². The molecule has 34 heavy (non-hydrogen) atoms. The van der Waals surface area contributed by atoms with Gasteiger partial charge in [0.05, 0.1) is 0 Å². The third-order valence-corrected chi connectivity index (χ3v) is 4.33. The van der Waals surface area contributed by atoms with Crippen molar-refractivity contribution < 1.29 is 83.1 Å². The molecule has 5 nitrogen and oxygen atoms in total. The quantitative estimate of drug-likeness (QED) is 0.149. The molecule has 0 aliphatic carbocycles. The fourth-order valence-corrected chi connectivity index (χ4v) is 2.97. The molecule has 0 atom stereocenters. The third-order valence-electron chi connectivity index (χ3n) is 4.33. The number of hydrogen-bond donors (Lipinski definition) is 1. The van der Waals surface area contributed by atoms with Crippen LogP contribution in [0.25, 0.3) is 0 Å². The summed E-state index contributed by atoms with van der Waals surface area (Å²) < 4.78 is 0. The molecule has 0 fully saturated rings. The molecule has 0 spiro atoms. The predicted octanol–water partition coefficient (Wildman–Crippen LogP) is 3.37. The van der Waals surface area contributed by atoms with Crippen LogP contribution in [0.5, 0.6) is 5.75 Å². The Morgan fingerprint density at radius 2 is 1.06 bits per heavy atom. The van der Waals surface area contributed by atoms with E-state index in [0.29, 0.717) is 5.75 Å². The molecule has 1 aromatic carbocycles. The van der Waals surface area contributed by atoms with Crippen LogP contribution in [0.15, 0.2) is 18.2 Å². The summed E-state index contributed by atoms with van der Waals surface area (Å²) >= 11 is 14.6. The molecule has 0 heterocycles. The molecular formula is C20H34O5P2S4Zn3. The maximum atomic E-state index is 10.1. The normalized spacial score (nSPS) is 10.2. The maximum absolute atomic E-state index is 10.1. The Bertz CT molecular complexity index is 643. The van der Waals surface area contributed by atoms with Gasteiger partial charge < -0.3 is 60.6 Å². The fraction of sp³-hybridized carbons (Fsp3) is 0.700. The first-order chi connectivity index (χ1) is 14.3. The largest absolute Gasteiger partial charge is 2.00 e. The first-order valence-corrected chi connectivity index (χ1v) is 17.9. The zero-order valence-electron chi connectivity index (χ0n) is 20.4. The second kappa shape index (κ2) is 28.7. The Morgan fingerprint density at radius 3 is 1.44 bits per heavy atom. The summed E-state index contributed by atoms with van der Waals surface area (Å²) in [6.07, 6.45) is 15.2. The number of phenols is 1. The van der Waals surface area contributed by atoms with Crippen LogP contribution in [-0.2, 0) is 119 Å². The molecule has 0 unspecified atom stereocenters. The Hall–Kier alpha value is 2.73. The van der Waals surface area contributed by atoms with Gasteiger partial charge in [0.15, 0.2) is 0 Å². The van der Waals surface area contributed by atoms with Gasteiger partial charge in [0.1, 0.15) is 5.75 Å². The Balaban J connectivity index is -0.000000183. The van der Waals surface area contributed by atoms with Gasteiger partial charge in [-0.1, -0.05) is 77.3 Å². The number of rotatable bonds is 12. The molecule has 14 heteroatoms. The summed E-state index contributed by atoms with van der Waals surface area (Å²) in [7, 11) is 0. The number of hydrogen-bond acceptors (Lipinski definition) is 9. The van der Waals surface area contributed by atoms with Crippen LogP contribution in [-0.4, -0.2) is 5.11 Å². The molecule has 0 saturated heterocycles. The van der Waals surface area contributed by atoms with E-state index in [4.69, 9.17) is 0 Å². The van der Waals surface area contributed by atoms with Gasteiger partial charge >= 0.3 is 58.4 Å². The Kier molecular flexibility index (Phi) is 39.4. The number of unbranched alkanes of at least 4 members (excludes halogenated alkanes) is 8. The van der Waals surface area contributed by atoms with Crippen molar-refractivity contribution in [3.63, 3.8) is 0 Å². The zero-order chi connectivity index (χ0) is 24.3. The Labute approximate surface area is 266 Å². The minimum atomic E-state index is -3.72. The molecule has 0 bridgehead atoms. The van der Waals surface area contributed by atoms with Crippen molar-refractivity contribution in [1.82, 2.24) is 0 Å². The summed E-state index contributed by atoms with van der Waals surface area (Å²) in [5, 5.41) is 10.1. The summed E-state index contributed by atoms with van der Waals surface area (Å²) in [6, 6.07) is 6.06. The van der Waals surface area contributed by atoms with E-state index in [1.54, 1.807) is 0 Å². The van der Waals surface area contributed by atoms with E-state index >= 15 is 0 Å². The van der Waals surface area contributed by atoms with E-state index in [0.717, 1.165) is 12.8 Å². The number of aryl methyl sites for hydroxylation is 1. The first-order valence-electron chi connectivity index (χ1n) is 10.5. The van der Waals surface area contributed by atoms with Crippen molar-refractivity contribution in [2.45, 2.75) is 90.9 Å². The standard InChI is InChI=1S/C20H34O.2H3O2PS2.3Zn/c1-3-5-7-9-11-14-18-15-13-17-20(21)19(18)16-12-10-8-6-4-2;2*1-3(2,4)5;;;/h13,15,17,21H,3-12,14,16H2,1-2H3;2*(H3,1,2,4,5);;;/q;;;3*+2/p-6. The van der Waals surface area contributed by atoms with E-state index in [9.17, 15) is 24.7 Å². The summed E-state index contributed by atoms with van der Waals surface area (Å²) in [4.78, 5) is 37.2. The second-order valence-corrected chi connectivity index (χ2v) is 16.1. The molecule has 1 aromatic rings. The maximum Gasteiger partial charge on any atom is 2.00 e. The van der Waals surface area contributed by atoms with Crippen molar-refractivity contribution >= 4 is 59.5 Å². The molecule has 0 saturated carbocycles. The van der Waals surface area contributed by atoms with Gasteiger partial charge in [-0.05, 0) is 42.9 Å². The van der Waals surface area contributed by atoms with Gasteiger partial charge in [0.2, 0.25) is 0 Å². The number of benzene rings is 1. The van der Waals surface area contributed by atoms with E-state index in [-0.39, 0.29) is 58.4 Å². The summed E-state index contributed by atoms with van der Waals surface area (Å²) in [5.74, 6) is 0.511. The molecule has 0 aliphatic heterocycles. The van der Waals surface area contributed by atoms with Crippen molar-refractivity contribution in [2.75, 3.05) is 0 Å². The predicted molar refractivity (Wildman–Crippen MR) is 136 cm³/mol. The van der Waals surface area contributed by atoms with Gasteiger partial charge in [0, 0.05) is 0 Å². The van der Waals surface area contributed by atoms with Crippen LogP contribution >= 0.6 is 11.4 Å². The molecular weight excluding hydrogens is 707 g/mol. The average Bonchev–Trinajstić information content (AvgIpc) is 2.60. The van der Waals surface area contributed by atoms with E-state index in [2.05, 4.69) is 68.0 Å². The molecule has 0 aromatic heterocycles. The minimum Gasteiger partial charge on any atom is -0.850 e. The van der Waals surface area contributed by atoms with Gasteiger partial charge in [-0.25, -0.2) is 0 Å². The first kappa shape index (κ1) is 46.6. The average molecular weight is 741 g/mol. The van der Waals surface area contributed by atoms with E-state index in [1.165, 1.54) is 75.3 Å². The van der Waals surface area contributed by atoms with Crippen LogP contribution < -0.4 is 19.6 Å². The Morgan fingerprint density at radius 1 is 0.706 bits per heavy atom. The van der Waals surface area contributed by atoms with Crippen LogP contribution in [0.2, 0.25) is 0 Å². The molecule has 1 N–H and O–H groups in total. The smallest absolute Gasteiger partial charge is 0.850 e. The van der Waals surface area contributed by atoms with Gasteiger partial charge in [-0.3, -0.25) is 0 Å². The zero-order valence-corrected chi connectivity index (χ0v) is 34.4. The molecule has 0 aliphatic rings. The fourth-order valence-electron chi connectivity index (χ4n) is 2.97. The van der Waals surface area contributed by atoms with E-state index < -0.39 is 11.4 Å².